The summed E-state index contributed by atoms with van der Waals surface area (Å²) < 4.78 is 5.46. The van der Waals surface area contributed by atoms with Gasteiger partial charge in [0.05, 0.1) is 31.5 Å². The molecule has 0 aromatic rings. The van der Waals surface area contributed by atoms with Gasteiger partial charge in [-0.15, -0.1) is 0 Å². The van der Waals surface area contributed by atoms with Crippen molar-refractivity contribution in [1.29, 1.82) is 0 Å². The van der Waals surface area contributed by atoms with Gasteiger partial charge < -0.3 is 30.3 Å². The third-order valence-corrected chi connectivity index (χ3v) is 14.8. The van der Waals surface area contributed by atoms with Crippen LogP contribution in [0.4, 0.5) is 0 Å². The van der Waals surface area contributed by atoms with Crippen molar-refractivity contribution in [3.63, 3.8) is 0 Å². The van der Waals surface area contributed by atoms with E-state index in [0.29, 0.717) is 35.0 Å². The maximum absolute atomic E-state index is 12.0. The highest BCUT2D eigenvalue weighted by atomic mass is 16.6. The van der Waals surface area contributed by atoms with Crippen molar-refractivity contribution < 1.29 is 30.3 Å². The first kappa shape index (κ1) is 27.9. The van der Waals surface area contributed by atoms with Crippen LogP contribution in [0.25, 0.3) is 0 Å². The summed E-state index contributed by atoms with van der Waals surface area (Å²) in [5, 5.41) is 53.5. The zero-order valence-electron chi connectivity index (χ0n) is 24.2. The molecule has 6 aliphatic rings. The Balaban J connectivity index is 1.28. The monoisotopic (exact) mass is 534 g/mol. The number of epoxide rings is 1. The van der Waals surface area contributed by atoms with Gasteiger partial charge in [-0.05, 0) is 115 Å². The van der Waals surface area contributed by atoms with E-state index in [1.807, 2.05) is 0 Å². The van der Waals surface area contributed by atoms with Gasteiger partial charge in [0.2, 0.25) is 0 Å². The van der Waals surface area contributed by atoms with Crippen molar-refractivity contribution in [3.8, 4) is 0 Å². The predicted molar refractivity (Wildman–Crippen MR) is 145 cm³/mol. The van der Waals surface area contributed by atoms with Gasteiger partial charge in [0.1, 0.15) is 12.2 Å². The average Bonchev–Trinajstić information content (AvgIpc) is 3.56. The number of ether oxygens (including phenoxy) is 1. The number of aliphatic hydroxyl groups is 5. The molecule has 5 aliphatic carbocycles. The van der Waals surface area contributed by atoms with E-state index in [9.17, 15) is 25.5 Å². The standard InChI is InChI=1S/C32H54O6/c1-18-20-9-13-31(4)25(29(20,2)12-10-23(18)35)8-7-21-22-6-5-11-32(22,15-14-30(21,31)3)28(37)19(16-33)26(36)27-24(17-34)38-27/h18-28,33-37H,5-17H2,1-4H3/t18?,19?,20?,21?,22?,23?,24?,25?,26?,27?,28?,29?,30-,31?,32?/m1/s1. The lowest BCUT2D eigenvalue weighted by atomic mass is 9.33. The van der Waals surface area contributed by atoms with E-state index in [1.165, 1.54) is 25.7 Å². The lowest BCUT2D eigenvalue weighted by Gasteiger charge is -2.72. The van der Waals surface area contributed by atoms with Crippen LogP contribution in [0.15, 0.2) is 0 Å². The first-order valence-electron chi connectivity index (χ1n) is 15.9. The molecular formula is C32H54O6. The van der Waals surface area contributed by atoms with Gasteiger partial charge >= 0.3 is 0 Å². The minimum Gasteiger partial charge on any atom is -0.396 e. The Labute approximate surface area is 229 Å². The molecule has 5 N–H and O–H groups in total. The molecule has 0 amide bonds. The highest BCUT2D eigenvalue weighted by molar-refractivity contribution is 5.19. The molecular weight excluding hydrogens is 480 g/mol. The molecule has 38 heavy (non-hydrogen) atoms. The molecule has 15 atom stereocenters. The van der Waals surface area contributed by atoms with Gasteiger partial charge in [0.15, 0.2) is 0 Å². The van der Waals surface area contributed by atoms with E-state index >= 15 is 0 Å². The summed E-state index contributed by atoms with van der Waals surface area (Å²) in [5.74, 6) is 2.01. The van der Waals surface area contributed by atoms with Gasteiger partial charge in [0, 0.05) is 5.92 Å². The SMILES string of the molecule is CC1C(O)CCC2(C)C1CCC1(C)C2CCC2C3CCCC3(C(O)C(CO)C(O)C3OC3CO)CC[C@]21C. The molecule has 14 unspecified atom stereocenters. The fourth-order valence-electron chi connectivity index (χ4n) is 12.4. The first-order valence-corrected chi connectivity index (χ1v) is 15.9. The topological polar surface area (TPSA) is 114 Å². The van der Waals surface area contributed by atoms with Gasteiger partial charge in [-0.3, -0.25) is 0 Å². The minimum absolute atomic E-state index is 0.137. The molecule has 1 saturated heterocycles. The zero-order chi connectivity index (χ0) is 27.3. The summed E-state index contributed by atoms with van der Waals surface area (Å²) in [6.07, 6.45) is 9.53. The van der Waals surface area contributed by atoms with Crippen molar-refractivity contribution in [2.75, 3.05) is 13.2 Å². The second-order valence-corrected chi connectivity index (χ2v) is 15.5. The number of rotatable bonds is 6. The lowest BCUT2D eigenvalue weighted by Crippen LogP contribution is -2.66. The van der Waals surface area contributed by atoms with Crippen molar-refractivity contribution in [2.45, 2.75) is 129 Å². The maximum atomic E-state index is 12.0. The summed E-state index contributed by atoms with van der Waals surface area (Å²) in [7, 11) is 0. The Morgan fingerprint density at radius 1 is 0.816 bits per heavy atom. The molecule has 0 spiro atoms. The van der Waals surface area contributed by atoms with Crippen LogP contribution in [0.3, 0.4) is 0 Å². The minimum atomic E-state index is -0.955. The van der Waals surface area contributed by atoms with E-state index < -0.39 is 24.2 Å². The average molecular weight is 535 g/mol. The summed E-state index contributed by atoms with van der Waals surface area (Å²) in [6, 6.07) is 0. The van der Waals surface area contributed by atoms with Crippen LogP contribution in [0, 0.1) is 57.2 Å². The van der Waals surface area contributed by atoms with Gasteiger partial charge in [-0.25, -0.2) is 0 Å². The van der Waals surface area contributed by atoms with E-state index in [0.717, 1.165) is 44.9 Å². The van der Waals surface area contributed by atoms with E-state index in [4.69, 9.17) is 4.74 Å². The van der Waals surface area contributed by atoms with E-state index in [2.05, 4.69) is 27.7 Å². The second-order valence-electron chi connectivity index (χ2n) is 15.5. The summed E-state index contributed by atoms with van der Waals surface area (Å²) in [6.45, 7) is 9.65. The highest BCUT2D eigenvalue weighted by Crippen LogP contribution is 2.76. The van der Waals surface area contributed by atoms with E-state index in [1.54, 1.807) is 0 Å². The molecule has 1 heterocycles. The molecule has 0 aromatic heterocycles. The Morgan fingerprint density at radius 3 is 2.26 bits per heavy atom. The Hall–Kier alpha value is -0.240. The first-order chi connectivity index (χ1) is 18.0. The fraction of sp³-hybridized carbons (Fsp3) is 1.00. The Morgan fingerprint density at radius 2 is 1.58 bits per heavy atom. The van der Waals surface area contributed by atoms with E-state index in [-0.39, 0.29) is 41.7 Å². The molecule has 5 saturated carbocycles. The summed E-state index contributed by atoms with van der Waals surface area (Å²) in [4.78, 5) is 0. The fourth-order valence-corrected chi connectivity index (χ4v) is 12.4. The molecule has 6 fully saturated rings. The van der Waals surface area contributed by atoms with Gasteiger partial charge in [-0.2, -0.15) is 0 Å². The predicted octanol–water partition coefficient (Wildman–Crippen LogP) is 3.90. The van der Waals surface area contributed by atoms with Crippen LogP contribution >= 0.6 is 0 Å². The number of hydrogen-bond donors (Lipinski definition) is 5. The molecule has 0 aromatic carbocycles. The number of hydrogen-bond acceptors (Lipinski definition) is 6. The van der Waals surface area contributed by atoms with Crippen LogP contribution in [-0.4, -0.2) is 69.3 Å². The quantitative estimate of drug-likeness (QED) is 0.330. The van der Waals surface area contributed by atoms with Crippen molar-refractivity contribution >= 4 is 0 Å². The summed E-state index contributed by atoms with van der Waals surface area (Å²) >= 11 is 0. The Bertz CT molecular complexity index is 897. The van der Waals surface area contributed by atoms with Crippen LogP contribution in [0.5, 0.6) is 0 Å². The Kier molecular flexibility index (Phi) is 6.89. The third-order valence-electron chi connectivity index (χ3n) is 14.8. The zero-order valence-corrected chi connectivity index (χ0v) is 24.2. The van der Waals surface area contributed by atoms with Crippen molar-refractivity contribution in [1.82, 2.24) is 0 Å². The third kappa shape index (κ3) is 3.59. The van der Waals surface area contributed by atoms with Crippen LogP contribution in [0.1, 0.15) is 98.3 Å². The molecule has 218 valence electrons. The molecule has 0 radical (unpaired) electrons. The number of aliphatic hydroxyl groups excluding tert-OH is 5. The van der Waals surface area contributed by atoms with Crippen LogP contribution in [-0.2, 0) is 4.74 Å². The van der Waals surface area contributed by atoms with Crippen molar-refractivity contribution in [2.24, 2.45) is 57.2 Å². The van der Waals surface area contributed by atoms with Gasteiger partial charge in [0.25, 0.3) is 0 Å². The number of fused-ring (bicyclic) bond motifs is 7. The summed E-state index contributed by atoms with van der Waals surface area (Å²) in [5.41, 5.74) is 0.518. The normalized spacial score (nSPS) is 56.1. The lowest BCUT2D eigenvalue weighted by molar-refractivity contribution is -0.244. The van der Waals surface area contributed by atoms with Crippen LogP contribution < -0.4 is 0 Å². The molecule has 6 nitrogen and oxygen atoms in total. The van der Waals surface area contributed by atoms with Crippen LogP contribution in [0.2, 0.25) is 0 Å². The largest absolute Gasteiger partial charge is 0.396 e. The van der Waals surface area contributed by atoms with Crippen molar-refractivity contribution in [3.05, 3.63) is 0 Å². The molecule has 0 bridgehead atoms. The molecule has 1 aliphatic heterocycles. The highest BCUT2D eigenvalue weighted by Gasteiger charge is 2.70. The maximum Gasteiger partial charge on any atom is 0.113 e. The smallest absolute Gasteiger partial charge is 0.113 e. The second kappa shape index (κ2) is 9.39. The molecule has 6 heteroatoms. The van der Waals surface area contributed by atoms with Gasteiger partial charge in [-0.1, -0.05) is 34.1 Å². The molecule has 6 rings (SSSR count).